The summed E-state index contributed by atoms with van der Waals surface area (Å²) in [5.41, 5.74) is 2.37. The van der Waals surface area contributed by atoms with E-state index in [-0.39, 0.29) is 12.4 Å². The molecule has 0 aliphatic rings. The summed E-state index contributed by atoms with van der Waals surface area (Å²) >= 11 is 3.34. The van der Waals surface area contributed by atoms with Crippen LogP contribution in [-0.4, -0.2) is 17.5 Å². The van der Waals surface area contributed by atoms with E-state index >= 15 is 0 Å². The highest BCUT2D eigenvalue weighted by atomic mass is 79.9. The SMILES string of the molecule is O=C(c1ccc(Br)cc1)c1ccc(CCO)cc1. The zero-order chi connectivity index (χ0) is 13.0. The molecule has 2 aromatic carbocycles. The van der Waals surface area contributed by atoms with E-state index in [1.165, 1.54) is 0 Å². The first-order valence-corrected chi connectivity index (χ1v) is 6.50. The number of ketones is 1. The van der Waals surface area contributed by atoms with Gasteiger partial charge in [0.15, 0.2) is 5.78 Å². The van der Waals surface area contributed by atoms with E-state index in [1.54, 1.807) is 24.3 Å². The van der Waals surface area contributed by atoms with Gasteiger partial charge in [-0.05, 0) is 36.2 Å². The first-order chi connectivity index (χ1) is 8.70. The molecule has 0 spiro atoms. The van der Waals surface area contributed by atoms with Gasteiger partial charge in [0.1, 0.15) is 0 Å². The molecule has 0 heterocycles. The van der Waals surface area contributed by atoms with Crippen molar-refractivity contribution in [2.24, 2.45) is 0 Å². The van der Waals surface area contributed by atoms with Gasteiger partial charge in [0.25, 0.3) is 0 Å². The lowest BCUT2D eigenvalue weighted by atomic mass is 10.0. The molecule has 0 fully saturated rings. The zero-order valence-electron chi connectivity index (χ0n) is 9.77. The molecule has 0 unspecified atom stereocenters. The Bertz CT molecular complexity index is 529. The lowest BCUT2D eigenvalue weighted by Gasteiger charge is -2.03. The summed E-state index contributed by atoms with van der Waals surface area (Å²) in [5.74, 6) is 0.0121. The first-order valence-electron chi connectivity index (χ1n) is 5.71. The van der Waals surface area contributed by atoms with E-state index in [9.17, 15) is 4.79 Å². The molecule has 0 bridgehead atoms. The minimum atomic E-state index is 0.0121. The molecule has 3 heteroatoms. The maximum absolute atomic E-state index is 12.2. The molecule has 0 amide bonds. The van der Waals surface area contributed by atoms with Crippen molar-refractivity contribution in [3.05, 3.63) is 69.7 Å². The largest absolute Gasteiger partial charge is 0.396 e. The van der Waals surface area contributed by atoms with Crippen LogP contribution < -0.4 is 0 Å². The van der Waals surface area contributed by atoms with Crippen LogP contribution >= 0.6 is 15.9 Å². The number of hydrogen-bond donors (Lipinski definition) is 1. The smallest absolute Gasteiger partial charge is 0.193 e. The minimum Gasteiger partial charge on any atom is -0.396 e. The monoisotopic (exact) mass is 304 g/mol. The molecule has 0 saturated heterocycles. The molecule has 0 radical (unpaired) electrons. The zero-order valence-corrected chi connectivity index (χ0v) is 11.4. The Kier molecular flexibility index (Phi) is 4.28. The summed E-state index contributed by atoms with van der Waals surface area (Å²) < 4.78 is 0.956. The van der Waals surface area contributed by atoms with Crippen LogP contribution in [0.4, 0.5) is 0 Å². The van der Waals surface area contributed by atoms with Gasteiger partial charge in [0.05, 0.1) is 0 Å². The van der Waals surface area contributed by atoms with Gasteiger partial charge >= 0.3 is 0 Å². The Hall–Kier alpha value is -1.45. The maximum atomic E-state index is 12.2. The lowest BCUT2D eigenvalue weighted by molar-refractivity contribution is 0.103. The molecule has 0 aromatic heterocycles. The second-order valence-electron chi connectivity index (χ2n) is 4.01. The van der Waals surface area contributed by atoms with Crippen LogP contribution in [0.15, 0.2) is 53.0 Å². The number of carbonyl (C=O) groups excluding carboxylic acids is 1. The highest BCUT2D eigenvalue weighted by Crippen LogP contribution is 2.15. The average Bonchev–Trinajstić information content (AvgIpc) is 2.40. The molecule has 2 rings (SSSR count). The fourth-order valence-electron chi connectivity index (χ4n) is 1.72. The van der Waals surface area contributed by atoms with Crippen molar-refractivity contribution in [2.75, 3.05) is 6.61 Å². The maximum Gasteiger partial charge on any atom is 0.193 e. The van der Waals surface area contributed by atoms with Crippen molar-refractivity contribution in [1.82, 2.24) is 0 Å². The van der Waals surface area contributed by atoms with Gasteiger partial charge in [-0.2, -0.15) is 0 Å². The van der Waals surface area contributed by atoms with Gasteiger partial charge in [-0.25, -0.2) is 0 Å². The Balaban J connectivity index is 2.20. The van der Waals surface area contributed by atoms with Crippen molar-refractivity contribution < 1.29 is 9.90 Å². The van der Waals surface area contributed by atoms with E-state index in [0.717, 1.165) is 10.0 Å². The van der Waals surface area contributed by atoms with Crippen LogP contribution in [0.3, 0.4) is 0 Å². The van der Waals surface area contributed by atoms with Crippen LogP contribution in [-0.2, 0) is 6.42 Å². The Morgan fingerprint density at radius 3 is 1.94 bits per heavy atom. The van der Waals surface area contributed by atoms with E-state index in [1.807, 2.05) is 24.3 Å². The number of aliphatic hydroxyl groups is 1. The average molecular weight is 305 g/mol. The molecule has 0 atom stereocenters. The van der Waals surface area contributed by atoms with Crippen LogP contribution in [0.5, 0.6) is 0 Å². The summed E-state index contributed by atoms with van der Waals surface area (Å²) in [5, 5.41) is 8.83. The summed E-state index contributed by atoms with van der Waals surface area (Å²) in [4.78, 5) is 12.2. The van der Waals surface area contributed by atoms with Gasteiger partial charge in [0.2, 0.25) is 0 Å². The van der Waals surface area contributed by atoms with Crippen LogP contribution in [0.2, 0.25) is 0 Å². The summed E-state index contributed by atoms with van der Waals surface area (Å²) in [7, 11) is 0. The number of carbonyl (C=O) groups is 1. The number of benzene rings is 2. The van der Waals surface area contributed by atoms with Gasteiger partial charge in [-0.15, -0.1) is 0 Å². The molecule has 0 aliphatic heterocycles. The molecule has 92 valence electrons. The third-order valence-corrected chi connectivity index (χ3v) is 3.25. The van der Waals surface area contributed by atoms with Crippen molar-refractivity contribution >= 4 is 21.7 Å². The fraction of sp³-hybridized carbons (Fsp3) is 0.133. The highest BCUT2D eigenvalue weighted by Gasteiger charge is 2.08. The van der Waals surface area contributed by atoms with Crippen LogP contribution in [0.1, 0.15) is 21.5 Å². The van der Waals surface area contributed by atoms with E-state index in [4.69, 9.17) is 5.11 Å². The summed E-state index contributed by atoms with van der Waals surface area (Å²) in [6.07, 6.45) is 0.618. The molecule has 0 saturated carbocycles. The second kappa shape index (κ2) is 5.94. The lowest BCUT2D eigenvalue weighted by Crippen LogP contribution is -2.01. The number of rotatable bonds is 4. The third kappa shape index (κ3) is 3.06. The van der Waals surface area contributed by atoms with E-state index < -0.39 is 0 Å². The van der Waals surface area contributed by atoms with Gasteiger partial charge in [-0.1, -0.05) is 40.2 Å². The first kappa shape index (κ1) is 13.0. The Morgan fingerprint density at radius 2 is 1.44 bits per heavy atom. The molecule has 0 aliphatic carbocycles. The van der Waals surface area contributed by atoms with Gasteiger partial charge in [0, 0.05) is 22.2 Å². The molecule has 2 aromatic rings. The second-order valence-corrected chi connectivity index (χ2v) is 4.92. The molecule has 18 heavy (non-hydrogen) atoms. The van der Waals surface area contributed by atoms with Crippen LogP contribution in [0, 0.1) is 0 Å². The Labute approximate surface area is 114 Å². The van der Waals surface area contributed by atoms with Gasteiger partial charge < -0.3 is 5.11 Å². The van der Waals surface area contributed by atoms with E-state index in [2.05, 4.69) is 15.9 Å². The molecular formula is C15H13BrO2. The van der Waals surface area contributed by atoms with Crippen molar-refractivity contribution in [3.8, 4) is 0 Å². The number of halogens is 1. The standard InChI is InChI=1S/C15H13BrO2/c16-14-7-5-13(6-8-14)15(18)12-3-1-11(2-4-12)9-10-17/h1-8,17H,9-10H2. The number of aliphatic hydroxyl groups excluding tert-OH is 1. The predicted molar refractivity (Wildman–Crippen MR) is 74.8 cm³/mol. The summed E-state index contributed by atoms with van der Waals surface area (Å²) in [6, 6.07) is 14.7. The molecular weight excluding hydrogens is 292 g/mol. The van der Waals surface area contributed by atoms with Crippen molar-refractivity contribution in [2.45, 2.75) is 6.42 Å². The third-order valence-electron chi connectivity index (χ3n) is 2.72. The topological polar surface area (TPSA) is 37.3 Å². The molecule has 2 nitrogen and oxygen atoms in total. The van der Waals surface area contributed by atoms with Crippen molar-refractivity contribution in [1.29, 1.82) is 0 Å². The highest BCUT2D eigenvalue weighted by molar-refractivity contribution is 9.10. The summed E-state index contributed by atoms with van der Waals surface area (Å²) in [6.45, 7) is 0.125. The fourth-order valence-corrected chi connectivity index (χ4v) is 1.98. The Morgan fingerprint density at radius 1 is 0.944 bits per heavy atom. The normalized spacial score (nSPS) is 10.3. The predicted octanol–water partition coefficient (Wildman–Crippen LogP) is 3.21. The van der Waals surface area contributed by atoms with E-state index in [0.29, 0.717) is 17.5 Å². The minimum absolute atomic E-state index is 0.0121. The quantitative estimate of drug-likeness (QED) is 0.881. The van der Waals surface area contributed by atoms with Gasteiger partial charge in [-0.3, -0.25) is 4.79 Å². The van der Waals surface area contributed by atoms with Crippen LogP contribution in [0.25, 0.3) is 0 Å². The number of hydrogen-bond acceptors (Lipinski definition) is 2. The van der Waals surface area contributed by atoms with Crippen molar-refractivity contribution in [3.63, 3.8) is 0 Å². The molecule has 1 N–H and O–H groups in total.